The molecule has 0 heteroatoms. The van der Waals surface area contributed by atoms with E-state index in [1.54, 1.807) is 5.57 Å². The van der Waals surface area contributed by atoms with E-state index in [0.717, 1.165) is 24.2 Å². The monoisotopic (exact) mass is 442 g/mol. The van der Waals surface area contributed by atoms with Gasteiger partial charge in [-0.2, -0.15) is 0 Å². The molecule has 0 aliphatic heterocycles. The van der Waals surface area contributed by atoms with Crippen LogP contribution in [0.3, 0.4) is 0 Å². The quantitative estimate of drug-likeness (QED) is 0.152. The molecule has 32 heavy (non-hydrogen) atoms. The van der Waals surface area contributed by atoms with Crippen LogP contribution in [0.4, 0.5) is 0 Å². The van der Waals surface area contributed by atoms with E-state index in [4.69, 9.17) is 0 Å². The summed E-state index contributed by atoms with van der Waals surface area (Å²) in [6.07, 6.45) is 24.6. The first-order valence-electron chi connectivity index (χ1n) is 13.7. The number of unbranched alkanes of at least 4 members (excludes halogenated alkanes) is 2. The molecule has 1 fully saturated rings. The van der Waals surface area contributed by atoms with Gasteiger partial charge >= 0.3 is 0 Å². The maximum atomic E-state index is 4.25. The van der Waals surface area contributed by atoms with Crippen LogP contribution < -0.4 is 0 Å². The van der Waals surface area contributed by atoms with E-state index in [2.05, 4.69) is 63.6 Å². The molecule has 0 saturated heterocycles. The molecule has 0 spiro atoms. The van der Waals surface area contributed by atoms with E-state index in [0.29, 0.717) is 0 Å². The van der Waals surface area contributed by atoms with Crippen molar-refractivity contribution in [2.24, 2.45) is 17.8 Å². The van der Waals surface area contributed by atoms with E-state index in [1.165, 1.54) is 63.4 Å². The lowest BCUT2D eigenvalue weighted by atomic mass is 9.64. The summed E-state index contributed by atoms with van der Waals surface area (Å²) >= 11 is 0. The number of rotatable bonds is 8. The van der Waals surface area contributed by atoms with Crippen LogP contribution in [0.2, 0.25) is 0 Å². The molecule has 0 aromatic rings. The van der Waals surface area contributed by atoms with Crippen molar-refractivity contribution in [3.63, 3.8) is 0 Å². The molecule has 0 radical (unpaired) electrons. The van der Waals surface area contributed by atoms with E-state index < -0.39 is 0 Å². The molecule has 2 aliphatic carbocycles. The molecular formula is C32H58. The maximum absolute atomic E-state index is 4.25. The smallest absolute Gasteiger partial charge is 0.0134 e. The fraction of sp³-hybridized carbons (Fsp3) is 0.656. The highest BCUT2D eigenvalue weighted by Crippen LogP contribution is 2.46. The lowest BCUT2D eigenvalue weighted by Crippen LogP contribution is -2.31. The summed E-state index contributed by atoms with van der Waals surface area (Å²) in [6, 6.07) is 0. The Labute approximate surface area is 204 Å². The summed E-state index contributed by atoms with van der Waals surface area (Å²) in [6.45, 7) is 26.6. The van der Waals surface area contributed by atoms with Gasteiger partial charge in [0.25, 0.3) is 0 Å². The molecule has 0 aromatic heterocycles. The average molecular weight is 443 g/mol. The first-order valence-corrected chi connectivity index (χ1v) is 13.7. The number of fused-ring (bicyclic) bond motifs is 1. The van der Waals surface area contributed by atoms with E-state index in [1.807, 2.05) is 47.6 Å². The summed E-state index contributed by atoms with van der Waals surface area (Å²) in [4.78, 5) is 0. The van der Waals surface area contributed by atoms with Crippen molar-refractivity contribution in [2.75, 3.05) is 0 Å². The van der Waals surface area contributed by atoms with Crippen LogP contribution in [0.5, 0.6) is 0 Å². The molecule has 186 valence electrons. The molecule has 3 atom stereocenters. The van der Waals surface area contributed by atoms with Crippen LogP contribution in [-0.2, 0) is 0 Å². The third-order valence-corrected chi connectivity index (χ3v) is 5.84. The zero-order valence-corrected chi connectivity index (χ0v) is 23.3. The van der Waals surface area contributed by atoms with Gasteiger partial charge < -0.3 is 0 Å². The lowest BCUT2D eigenvalue weighted by molar-refractivity contribution is 0.162. The summed E-state index contributed by atoms with van der Waals surface area (Å²) in [5.41, 5.74) is 6.18. The fourth-order valence-electron chi connectivity index (χ4n) is 4.52. The van der Waals surface area contributed by atoms with Crippen LogP contribution in [0.25, 0.3) is 0 Å². The van der Waals surface area contributed by atoms with Crippen molar-refractivity contribution < 1.29 is 0 Å². The lowest BCUT2D eigenvalue weighted by Gasteiger charge is -2.41. The van der Waals surface area contributed by atoms with Gasteiger partial charge in [0, 0.05) is 0 Å². The highest BCUT2D eigenvalue weighted by molar-refractivity contribution is 5.30. The molecule has 1 saturated carbocycles. The van der Waals surface area contributed by atoms with Gasteiger partial charge in [0.1, 0.15) is 0 Å². The van der Waals surface area contributed by atoms with E-state index >= 15 is 0 Å². The first-order chi connectivity index (χ1) is 15.8. The second kappa shape index (κ2) is 27.5. The molecule has 3 unspecified atom stereocenters. The summed E-state index contributed by atoms with van der Waals surface area (Å²) in [5, 5.41) is 0. The fourth-order valence-corrected chi connectivity index (χ4v) is 4.52. The van der Waals surface area contributed by atoms with Crippen molar-refractivity contribution >= 4 is 0 Å². The van der Waals surface area contributed by atoms with Crippen LogP contribution in [0.1, 0.15) is 120 Å². The van der Waals surface area contributed by atoms with Gasteiger partial charge in [-0.15, -0.1) is 18.9 Å². The summed E-state index contributed by atoms with van der Waals surface area (Å²) in [7, 11) is 0. The van der Waals surface area contributed by atoms with Gasteiger partial charge in [0.15, 0.2) is 0 Å². The molecule has 0 nitrogen and oxygen atoms in total. The standard InChI is InChI=1S/C24H36.3C2H6.C2H4/c1-4-6-8-12-20(3)18-19-22-15-11-16-23-21(13-9-7-5-2)14-10-17-24(22)23;4*1-2/h5,9,15,18-19,21,23-24H,3-4,6,8,10-14,16-17H2,1-2H3;3*1-2H3;1-2H2/b19-18-;;;;. The van der Waals surface area contributed by atoms with Crippen LogP contribution in [0, 0.1) is 17.8 Å². The Hall–Kier alpha value is -1.52. The molecule has 0 bridgehead atoms. The first kappa shape index (κ1) is 35.1. The molecule has 2 rings (SSSR count). The van der Waals surface area contributed by atoms with E-state index in [9.17, 15) is 0 Å². The molecule has 0 heterocycles. The Bertz CT molecular complexity index is 524. The Morgan fingerprint density at radius 3 is 2.28 bits per heavy atom. The third-order valence-electron chi connectivity index (χ3n) is 5.84. The van der Waals surface area contributed by atoms with Crippen molar-refractivity contribution in [1.29, 1.82) is 0 Å². The molecule has 0 N–H and O–H groups in total. The van der Waals surface area contributed by atoms with Crippen LogP contribution >= 0.6 is 0 Å². The summed E-state index contributed by atoms with van der Waals surface area (Å²) in [5.74, 6) is 2.53. The maximum Gasteiger partial charge on any atom is -0.0134 e. The van der Waals surface area contributed by atoms with Crippen molar-refractivity contribution in [1.82, 2.24) is 0 Å². The second-order valence-corrected chi connectivity index (χ2v) is 7.59. The number of hydrogen-bond donors (Lipinski definition) is 0. The van der Waals surface area contributed by atoms with Crippen LogP contribution in [-0.4, -0.2) is 0 Å². The Morgan fingerprint density at radius 2 is 1.69 bits per heavy atom. The zero-order chi connectivity index (χ0) is 25.2. The predicted molar refractivity (Wildman–Crippen MR) is 152 cm³/mol. The van der Waals surface area contributed by atoms with Gasteiger partial charge in [0.2, 0.25) is 0 Å². The topological polar surface area (TPSA) is 0 Å². The van der Waals surface area contributed by atoms with Crippen molar-refractivity contribution in [3.05, 3.63) is 67.0 Å². The van der Waals surface area contributed by atoms with Gasteiger partial charge in [-0.1, -0.05) is 98.1 Å². The Morgan fingerprint density at radius 1 is 1.03 bits per heavy atom. The highest BCUT2D eigenvalue weighted by Gasteiger charge is 2.35. The van der Waals surface area contributed by atoms with Crippen molar-refractivity contribution in [3.8, 4) is 0 Å². The second-order valence-electron chi connectivity index (χ2n) is 7.59. The largest absolute Gasteiger partial charge is 0.130 e. The van der Waals surface area contributed by atoms with Crippen molar-refractivity contribution in [2.45, 2.75) is 120 Å². The van der Waals surface area contributed by atoms with Crippen LogP contribution in [0.15, 0.2) is 67.0 Å². The third kappa shape index (κ3) is 15.3. The predicted octanol–water partition coefficient (Wildman–Crippen LogP) is 11.4. The Kier molecular flexibility index (Phi) is 30.2. The van der Waals surface area contributed by atoms with Gasteiger partial charge in [-0.25, -0.2) is 0 Å². The number of allylic oxidation sites excluding steroid dienone is 6. The molecule has 0 aromatic carbocycles. The minimum absolute atomic E-state index is 0.788. The molecular weight excluding hydrogens is 384 g/mol. The normalized spacial score (nSPS) is 20.5. The molecule has 0 amide bonds. The minimum Gasteiger partial charge on any atom is -0.130 e. The number of hydrogen-bond acceptors (Lipinski definition) is 0. The molecule has 2 aliphatic rings. The zero-order valence-electron chi connectivity index (χ0n) is 23.3. The summed E-state index contributed by atoms with van der Waals surface area (Å²) < 4.78 is 0. The minimum atomic E-state index is 0.788. The van der Waals surface area contributed by atoms with Gasteiger partial charge in [-0.05, 0) is 87.3 Å². The highest BCUT2D eigenvalue weighted by atomic mass is 14.4. The Balaban J connectivity index is -0.000000945. The SMILES string of the molecule is C=C.C=C(/C=C\C1=CCCC2C(CC=C=CC)CCCC12)CCCCC.CC.CC.CC. The van der Waals surface area contributed by atoms with Gasteiger partial charge in [-0.3, -0.25) is 0 Å². The van der Waals surface area contributed by atoms with E-state index in [-0.39, 0.29) is 0 Å². The van der Waals surface area contributed by atoms with Gasteiger partial charge in [0.05, 0.1) is 0 Å². The average Bonchev–Trinajstić information content (AvgIpc) is 2.88.